The third-order valence-electron chi connectivity index (χ3n) is 5.97. The van der Waals surface area contributed by atoms with E-state index in [-0.39, 0.29) is 11.6 Å². The van der Waals surface area contributed by atoms with Crippen LogP contribution >= 0.6 is 22.6 Å². The van der Waals surface area contributed by atoms with E-state index in [2.05, 4.69) is 27.9 Å². The molecule has 4 rings (SSSR count). The first-order valence-corrected chi connectivity index (χ1v) is 12.5. The number of ether oxygens (including phenoxy) is 2. The zero-order valence-corrected chi connectivity index (χ0v) is 21.4. The second-order valence-corrected chi connectivity index (χ2v) is 9.63. The summed E-state index contributed by atoms with van der Waals surface area (Å²) >= 11 is 2.16. The fourth-order valence-corrected chi connectivity index (χ4v) is 5.03. The Balaban J connectivity index is 1.61. The Morgan fingerprint density at radius 3 is 2.47 bits per heavy atom. The standard InChI is InChI=1S/C26H27IN2O5/c1-3-33-22-14-18(13-21(27)23(22)34-15-17-10-8-16(2)9-11-17)12-20-24(30)28-26(32)29(25(20)31)19-6-4-5-7-19/h8-14,19H,3-7,15H2,1-2H3,(H,28,30,32)/b20-12+. The smallest absolute Gasteiger partial charge is 0.331 e. The lowest BCUT2D eigenvalue weighted by Crippen LogP contribution is -2.57. The Morgan fingerprint density at radius 2 is 1.79 bits per heavy atom. The van der Waals surface area contributed by atoms with E-state index in [9.17, 15) is 14.4 Å². The van der Waals surface area contributed by atoms with E-state index < -0.39 is 17.8 Å². The van der Waals surface area contributed by atoms with Gasteiger partial charge in [-0.05, 0) is 78.6 Å². The molecule has 2 aromatic carbocycles. The molecule has 0 bridgehead atoms. The number of aryl methyl sites for hydroxylation is 1. The average Bonchev–Trinajstić information content (AvgIpc) is 3.32. The van der Waals surface area contributed by atoms with Gasteiger partial charge in [0.15, 0.2) is 11.5 Å². The number of hydrogen-bond acceptors (Lipinski definition) is 5. The van der Waals surface area contributed by atoms with Gasteiger partial charge < -0.3 is 9.47 Å². The number of amides is 4. The maximum absolute atomic E-state index is 13.1. The Morgan fingerprint density at radius 1 is 1.09 bits per heavy atom. The fraction of sp³-hybridized carbons (Fsp3) is 0.346. The SMILES string of the molecule is CCOc1cc(/C=C2\C(=O)NC(=O)N(C3CCCC3)C2=O)cc(I)c1OCc1ccc(C)cc1. The lowest BCUT2D eigenvalue weighted by atomic mass is 10.0. The van der Waals surface area contributed by atoms with Gasteiger partial charge in [-0.25, -0.2) is 4.79 Å². The third kappa shape index (κ3) is 5.27. The Bertz CT molecular complexity index is 1140. The number of halogens is 1. The van der Waals surface area contributed by atoms with E-state index in [4.69, 9.17) is 9.47 Å². The van der Waals surface area contributed by atoms with Gasteiger partial charge in [0, 0.05) is 6.04 Å². The first kappa shape index (κ1) is 24.3. The van der Waals surface area contributed by atoms with Gasteiger partial charge in [-0.3, -0.25) is 19.8 Å². The molecule has 0 unspecified atom stereocenters. The Kier molecular flexibility index (Phi) is 7.55. The van der Waals surface area contributed by atoms with Crippen molar-refractivity contribution in [3.05, 3.63) is 62.2 Å². The van der Waals surface area contributed by atoms with Gasteiger partial charge in [-0.1, -0.05) is 42.7 Å². The number of urea groups is 1. The van der Waals surface area contributed by atoms with E-state index >= 15 is 0 Å². The van der Waals surface area contributed by atoms with E-state index in [0.717, 1.165) is 34.8 Å². The summed E-state index contributed by atoms with van der Waals surface area (Å²) in [5.74, 6) is -0.0988. The van der Waals surface area contributed by atoms with E-state index in [1.54, 1.807) is 6.07 Å². The number of nitrogens with zero attached hydrogens (tertiary/aromatic N) is 1. The molecule has 8 heteroatoms. The largest absolute Gasteiger partial charge is 0.490 e. The summed E-state index contributed by atoms with van der Waals surface area (Å²) in [4.78, 5) is 39.2. The monoisotopic (exact) mass is 574 g/mol. The number of nitrogens with one attached hydrogen (secondary N) is 1. The maximum Gasteiger partial charge on any atom is 0.331 e. The van der Waals surface area contributed by atoms with E-state index in [1.807, 2.05) is 44.2 Å². The van der Waals surface area contributed by atoms with Gasteiger partial charge >= 0.3 is 6.03 Å². The molecule has 2 aromatic rings. The van der Waals surface area contributed by atoms with Gasteiger partial charge in [0.25, 0.3) is 11.8 Å². The summed E-state index contributed by atoms with van der Waals surface area (Å²) in [6.07, 6.45) is 4.98. The minimum absolute atomic E-state index is 0.0573. The van der Waals surface area contributed by atoms with Gasteiger partial charge in [-0.2, -0.15) is 0 Å². The molecule has 4 amide bonds. The van der Waals surface area contributed by atoms with Crippen molar-refractivity contribution in [2.45, 2.75) is 52.2 Å². The van der Waals surface area contributed by atoms with Crippen molar-refractivity contribution in [2.24, 2.45) is 0 Å². The van der Waals surface area contributed by atoms with Crippen LogP contribution in [0.1, 0.15) is 49.3 Å². The van der Waals surface area contributed by atoms with Gasteiger partial charge in [0.2, 0.25) is 0 Å². The number of rotatable bonds is 7. The lowest BCUT2D eigenvalue weighted by Gasteiger charge is -2.31. The van der Waals surface area contributed by atoms with Crippen LogP contribution in [-0.4, -0.2) is 35.4 Å². The third-order valence-corrected chi connectivity index (χ3v) is 6.77. The van der Waals surface area contributed by atoms with Crippen LogP contribution in [0, 0.1) is 10.5 Å². The summed E-state index contributed by atoms with van der Waals surface area (Å²) in [5.41, 5.74) is 2.78. The zero-order chi connectivity index (χ0) is 24.2. The molecule has 1 aliphatic heterocycles. The van der Waals surface area contributed by atoms with Crippen LogP contribution in [0.15, 0.2) is 42.0 Å². The first-order chi connectivity index (χ1) is 16.4. The van der Waals surface area contributed by atoms with E-state index in [1.165, 1.54) is 16.5 Å². The first-order valence-electron chi connectivity index (χ1n) is 11.4. The number of carbonyl (C=O) groups is 3. The van der Waals surface area contributed by atoms with Crippen LogP contribution in [0.4, 0.5) is 4.79 Å². The molecule has 34 heavy (non-hydrogen) atoms. The molecule has 1 saturated carbocycles. The summed E-state index contributed by atoms with van der Waals surface area (Å²) in [7, 11) is 0. The molecule has 0 atom stereocenters. The van der Waals surface area contributed by atoms with Gasteiger partial charge in [0.05, 0.1) is 10.2 Å². The highest BCUT2D eigenvalue weighted by Crippen LogP contribution is 2.36. The number of barbiturate groups is 1. The van der Waals surface area contributed by atoms with Crippen molar-refractivity contribution in [3.8, 4) is 11.5 Å². The number of benzene rings is 2. The van der Waals surface area contributed by atoms with Gasteiger partial charge in [-0.15, -0.1) is 0 Å². The number of imide groups is 2. The predicted octanol–water partition coefficient (Wildman–Crippen LogP) is 4.98. The highest BCUT2D eigenvalue weighted by molar-refractivity contribution is 14.1. The fourth-order valence-electron chi connectivity index (χ4n) is 4.25. The van der Waals surface area contributed by atoms with E-state index in [0.29, 0.717) is 30.3 Å². The topological polar surface area (TPSA) is 84.9 Å². The van der Waals surface area contributed by atoms with Crippen molar-refractivity contribution < 1.29 is 23.9 Å². The minimum Gasteiger partial charge on any atom is -0.490 e. The van der Waals surface area contributed by atoms with Gasteiger partial charge in [0.1, 0.15) is 12.2 Å². The van der Waals surface area contributed by atoms with Crippen molar-refractivity contribution in [1.29, 1.82) is 0 Å². The van der Waals surface area contributed by atoms with Crippen LogP contribution in [-0.2, 0) is 16.2 Å². The second kappa shape index (κ2) is 10.6. The van der Waals surface area contributed by atoms with Crippen molar-refractivity contribution in [3.63, 3.8) is 0 Å². The normalized spacial score (nSPS) is 17.9. The Labute approximate surface area is 212 Å². The van der Waals surface area contributed by atoms with Crippen molar-refractivity contribution in [1.82, 2.24) is 10.2 Å². The predicted molar refractivity (Wildman–Crippen MR) is 136 cm³/mol. The molecule has 2 aliphatic rings. The molecular formula is C26H27IN2O5. The molecule has 178 valence electrons. The summed E-state index contributed by atoms with van der Waals surface area (Å²) in [6, 6.07) is 10.9. The highest BCUT2D eigenvalue weighted by Gasteiger charge is 2.40. The van der Waals surface area contributed by atoms with Crippen molar-refractivity contribution in [2.75, 3.05) is 6.61 Å². The van der Waals surface area contributed by atoms with Crippen molar-refractivity contribution >= 4 is 46.5 Å². The molecular weight excluding hydrogens is 547 g/mol. The van der Waals surface area contributed by atoms with Crippen LogP contribution in [0.25, 0.3) is 6.08 Å². The zero-order valence-electron chi connectivity index (χ0n) is 19.2. The summed E-state index contributed by atoms with van der Waals surface area (Å²) < 4.78 is 12.7. The van der Waals surface area contributed by atoms with Crippen LogP contribution < -0.4 is 14.8 Å². The van der Waals surface area contributed by atoms with Crippen LogP contribution in [0.3, 0.4) is 0 Å². The molecule has 1 saturated heterocycles. The van der Waals surface area contributed by atoms with Crippen LogP contribution in [0.2, 0.25) is 0 Å². The number of hydrogen-bond donors (Lipinski definition) is 1. The average molecular weight is 574 g/mol. The summed E-state index contributed by atoms with van der Waals surface area (Å²) in [5, 5.41) is 2.32. The number of carbonyl (C=O) groups excluding carboxylic acids is 3. The molecule has 1 aliphatic carbocycles. The Hall–Kier alpha value is -2.88. The van der Waals surface area contributed by atoms with Crippen LogP contribution in [0.5, 0.6) is 11.5 Å². The molecule has 0 radical (unpaired) electrons. The lowest BCUT2D eigenvalue weighted by molar-refractivity contribution is -0.131. The molecule has 1 N–H and O–H groups in total. The minimum atomic E-state index is -0.683. The molecule has 2 fully saturated rings. The summed E-state index contributed by atoms with van der Waals surface area (Å²) in [6.45, 7) is 4.73. The molecule has 0 aromatic heterocycles. The highest BCUT2D eigenvalue weighted by atomic mass is 127. The maximum atomic E-state index is 13.1. The molecule has 0 spiro atoms. The quantitative estimate of drug-likeness (QED) is 0.287. The second-order valence-electron chi connectivity index (χ2n) is 8.47. The molecule has 7 nitrogen and oxygen atoms in total. The molecule has 1 heterocycles.